The molecule has 140 valence electrons. The van der Waals surface area contributed by atoms with Crippen LogP contribution in [0.2, 0.25) is 0 Å². The molecule has 6 heteroatoms. The molecule has 1 atom stereocenters. The van der Waals surface area contributed by atoms with E-state index in [0.29, 0.717) is 23.1 Å². The first-order valence-electron chi connectivity index (χ1n) is 9.20. The Balaban J connectivity index is 1.60. The second-order valence-electron chi connectivity index (χ2n) is 6.79. The molecule has 1 unspecified atom stereocenters. The van der Waals surface area contributed by atoms with E-state index in [1.165, 1.54) is 11.8 Å². The molecule has 1 aromatic heterocycles. The minimum Gasteiger partial charge on any atom is -0.486 e. The molecule has 0 spiro atoms. The third-order valence-electron chi connectivity index (χ3n) is 4.87. The van der Waals surface area contributed by atoms with Gasteiger partial charge < -0.3 is 19.9 Å². The number of ether oxygens (including phenoxy) is 1. The average Bonchev–Trinajstić information content (AvgIpc) is 3.12. The van der Waals surface area contributed by atoms with Crippen LogP contribution in [-0.4, -0.2) is 11.2 Å². The summed E-state index contributed by atoms with van der Waals surface area (Å²) in [5, 5.41) is 19.9. The summed E-state index contributed by atoms with van der Waals surface area (Å²) >= 11 is 0. The molecule has 0 bridgehead atoms. The lowest BCUT2D eigenvalue weighted by Crippen LogP contribution is -2.15. The first kappa shape index (κ1) is 17.8. The summed E-state index contributed by atoms with van der Waals surface area (Å²) in [6.07, 6.45) is 5.76. The molecule has 2 N–H and O–H groups in total. The molecule has 1 aliphatic carbocycles. The van der Waals surface area contributed by atoms with Crippen molar-refractivity contribution >= 4 is 17.8 Å². The maximum Gasteiger partial charge on any atom is 0.218 e. The second-order valence-corrected chi connectivity index (χ2v) is 6.79. The zero-order chi connectivity index (χ0) is 19.5. The molecule has 2 aromatic carbocycles. The van der Waals surface area contributed by atoms with E-state index in [0.717, 1.165) is 36.1 Å². The van der Waals surface area contributed by atoms with Crippen molar-refractivity contribution < 1.29 is 9.15 Å². The highest BCUT2D eigenvalue weighted by Crippen LogP contribution is 2.35. The normalized spacial score (nSPS) is 15.4. The van der Waals surface area contributed by atoms with E-state index >= 15 is 0 Å². The Morgan fingerprint density at radius 2 is 2.21 bits per heavy atom. The largest absolute Gasteiger partial charge is 0.486 e. The molecule has 1 aliphatic rings. The van der Waals surface area contributed by atoms with Gasteiger partial charge >= 0.3 is 0 Å². The van der Waals surface area contributed by atoms with Crippen LogP contribution in [0.1, 0.15) is 47.1 Å². The molecule has 0 saturated heterocycles. The van der Waals surface area contributed by atoms with Crippen LogP contribution in [0.4, 0.5) is 11.6 Å². The molecule has 1 heterocycles. The van der Waals surface area contributed by atoms with E-state index in [-0.39, 0.29) is 6.10 Å². The second kappa shape index (κ2) is 7.57. The third-order valence-corrected chi connectivity index (χ3v) is 4.87. The van der Waals surface area contributed by atoms with Crippen LogP contribution in [0.25, 0.3) is 0 Å². The number of benzene rings is 2. The summed E-state index contributed by atoms with van der Waals surface area (Å²) in [4.78, 5) is 4.08. The Bertz CT molecular complexity index is 1060. The van der Waals surface area contributed by atoms with Crippen LogP contribution in [0.3, 0.4) is 0 Å². The Kier molecular flexibility index (Phi) is 4.81. The molecule has 0 radical (unpaired) electrons. The lowest BCUT2D eigenvalue weighted by molar-refractivity contribution is 0.183. The van der Waals surface area contributed by atoms with E-state index in [1.54, 1.807) is 13.1 Å². The van der Waals surface area contributed by atoms with Gasteiger partial charge in [0.1, 0.15) is 11.9 Å². The first-order chi connectivity index (χ1) is 13.7. The molecular formula is C22H20N4O2. The summed E-state index contributed by atoms with van der Waals surface area (Å²) in [6.45, 7) is 1.78. The number of nitrogens with one attached hydrogen (secondary N) is 2. The number of hydrogen-bond acceptors (Lipinski definition) is 6. The van der Waals surface area contributed by atoms with Gasteiger partial charge in [0, 0.05) is 24.8 Å². The predicted molar refractivity (Wildman–Crippen MR) is 106 cm³/mol. The topological polar surface area (TPSA) is 94.9 Å². The molecular weight excluding hydrogens is 352 g/mol. The maximum absolute atomic E-state index is 9.12. The van der Waals surface area contributed by atoms with Crippen LogP contribution in [-0.2, 0) is 6.42 Å². The zero-order valence-corrected chi connectivity index (χ0v) is 15.5. The number of nitrogens with zero attached hydrogens (tertiary/aromatic N) is 2. The standard InChI is InChI=1S/C22H20N4O2/c1-14-25-13-22(27-14)26-20-10-18(7-6-17(20)12-24)28-21-4-2-3-16-9-15(11-23)5-8-19(16)21/h5-10,12-13,21,24,26H,2-4H2,1H3. The van der Waals surface area contributed by atoms with Gasteiger partial charge in [-0.15, -0.1) is 0 Å². The lowest BCUT2D eigenvalue weighted by atomic mass is 9.88. The van der Waals surface area contributed by atoms with Crippen molar-refractivity contribution in [3.05, 3.63) is 70.7 Å². The monoisotopic (exact) mass is 372 g/mol. The van der Waals surface area contributed by atoms with E-state index in [1.807, 2.05) is 36.4 Å². The number of aromatic nitrogens is 1. The quantitative estimate of drug-likeness (QED) is 0.611. The number of aryl methyl sites for hydroxylation is 2. The number of fused-ring (bicyclic) bond motifs is 1. The molecule has 0 fully saturated rings. The van der Waals surface area contributed by atoms with Crippen molar-refractivity contribution in [2.24, 2.45) is 0 Å². The first-order valence-corrected chi connectivity index (χ1v) is 9.20. The number of anilines is 2. The molecule has 3 aromatic rings. The van der Waals surface area contributed by atoms with Crippen molar-refractivity contribution in [2.75, 3.05) is 5.32 Å². The molecule has 0 aliphatic heterocycles. The highest BCUT2D eigenvalue weighted by Gasteiger charge is 2.22. The fraction of sp³-hybridized carbons (Fsp3) is 0.227. The molecule has 4 rings (SSSR count). The third kappa shape index (κ3) is 3.60. The van der Waals surface area contributed by atoms with Crippen molar-refractivity contribution in [1.82, 2.24) is 4.98 Å². The Morgan fingerprint density at radius 1 is 1.32 bits per heavy atom. The minimum absolute atomic E-state index is 0.0531. The summed E-state index contributed by atoms with van der Waals surface area (Å²) in [6, 6.07) is 13.6. The Hall–Kier alpha value is -3.59. The Labute approximate surface area is 163 Å². The van der Waals surface area contributed by atoms with Crippen molar-refractivity contribution in [3.63, 3.8) is 0 Å². The Morgan fingerprint density at radius 3 is 2.96 bits per heavy atom. The molecule has 28 heavy (non-hydrogen) atoms. The summed E-state index contributed by atoms with van der Waals surface area (Å²) in [7, 11) is 0. The number of nitriles is 1. The average molecular weight is 372 g/mol. The van der Waals surface area contributed by atoms with Crippen molar-refractivity contribution in [3.8, 4) is 11.8 Å². The van der Waals surface area contributed by atoms with E-state index in [9.17, 15) is 0 Å². The number of rotatable bonds is 5. The van der Waals surface area contributed by atoms with Gasteiger partial charge in [0.05, 0.1) is 23.5 Å². The number of oxazole rings is 1. The fourth-order valence-corrected chi connectivity index (χ4v) is 3.52. The SMILES string of the molecule is Cc1ncc(Nc2cc(OC3CCCc4cc(C#N)ccc43)ccc2C=N)o1. The van der Waals surface area contributed by atoms with Gasteiger partial charge in [-0.1, -0.05) is 6.07 Å². The van der Waals surface area contributed by atoms with Gasteiger partial charge in [0.15, 0.2) is 5.89 Å². The van der Waals surface area contributed by atoms with Gasteiger partial charge in [-0.05, 0) is 54.7 Å². The van der Waals surface area contributed by atoms with Crippen LogP contribution < -0.4 is 10.1 Å². The van der Waals surface area contributed by atoms with Gasteiger partial charge in [-0.3, -0.25) is 0 Å². The van der Waals surface area contributed by atoms with Gasteiger partial charge in [-0.25, -0.2) is 4.98 Å². The minimum atomic E-state index is -0.0531. The van der Waals surface area contributed by atoms with E-state index < -0.39 is 0 Å². The van der Waals surface area contributed by atoms with E-state index in [2.05, 4.69) is 16.4 Å². The van der Waals surface area contributed by atoms with Gasteiger partial charge in [0.2, 0.25) is 5.88 Å². The number of hydrogen-bond donors (Lipinski definition) is 2. The zero-order valence-electron chi connectivity index (χ0n) is 15.5. The van der Waals surface area contributed by atoms with Gasteiger partial charge in [-0.2, -0.15) is 5.26 Å². The van der Waals surface area contributed by atoms with Crippen molar-refractivity contribution in [2.45, 2.75) is 32.3 Å². The molecule has 6 nitrogen and oxygen atoms in total. The maximum atomic E-state index is 9.12. The summed E-state index contributed by atoms with van der Waals surface area (Å²) < 4.78 is 11.8. The summed E-state index contributed by atoms with van der Waals surface area (Å²) in [5.74, 6) is 1.80. The van der Waals surface area contributed by atoms with Crippen LogP contribution in [0.15, 0.2) is 47.0 Å². The van der Waals surface area contributed by atoms with Gasteiger partial charge in [0.25, 0.3) is 0 Å². The highest BCUT2D eigenvalue weighted by atomic mass is 16.5. The van der Waals surface area contributed by atoms with E-state index in [4.69, 9.17) is 19.8 Å². The smallest absolute Gasteiger partial charge is 0.218 e. The predicted octanol–water partition coefficient (Wildman–Crippen LogP) is 5.05. The van der Waals surface area contributed by atoms with Crippen LogP contribution in [0, 0.1) is 23.7 Å². The van der Waals surface area contributed by atoms with Crippen LogP contribution >= 0.6 is 0 Å². The highest BCUT2D eigenvalue weighted by molar-refractivity contribution is 5.87. The summed E-state index contributed by atoms with van der Waals surface area (Å²) in [5.41, 5.74) is 4.45. The molecule has 0 amide bonds. The fourth-order valence-electron chi connectivity index (χ4n) is 3.52. The molecule has 0 saturated carbocycles. The van der Waals surface area contributed by atoms with Crippen LogP contribution in [0.5, 0.6) is 5.75 Å². The van der Waals surface area contributed by atoms with Crippen molar-refractivity contribution in [1.29, 1.82) is 10.7 Å². The lowest BCUT2D eigenvalue weighted by Gasteiger charge is -2.27.